The zero-order valence-electron chi connectivity index (χ0n) is 77.1. The quantitative estimate of drug-likeness (QED) is 0.0135. The average Bonchev–Trinajstić information content (AvgIpc) is 1.61. The molecule has 1 aromatic carbocycles. The largest absolute Gasteiger partial charge is 0.394 e. The summed E-state index contributed by atoms with van der Waals surface area (Å²) in [7, 11) is 2.56. The standard InChI is InChI=1S/C85H148N21O17S3/c1-20-52(14)69(105-75(115)57(30-26-33-91-83(89)90)97-76(116)60(35-46(2)3)95-66(109)42-92-72(112)58(31-34-124-19)98-80(120)67(50(10)11)103-71(111)55(87)43-107)82(122)101-63(38-49(8)9)79(119)100-62(37-48(6)7)78(118)99-61(36-47(4)5)77(117)96-56(29-24-25-32-86)74(114)104-68(51(12)13)81(121)102-64(45-126-125-44-54-40-84(15,16)106(123)85(54,17)18)73(113)93-41-65(108)94-59(70(88)110)39-53-27-22-21-23-28-53/h21-23,27-28,40,46-52,55-64,67-69,107H,20,24-26,29-39,41-45,86-87H2,1-19H3,(H2,88,110)(H,92,112)(H,93,113)(H,94,108)(H,95,109)(H,96,117)(H,97,116)(H,98,120)(H,99,118)(H,100,119)(H,101,122)(H,102,121)(H,103,111)(H,104,114)(H,105,115)(H4,89,90,91)/t52-,55-,56-,57-,58-,59-,60-,61-,62-,63-,64-,67-,68-,69-/m0/s1. The number of hydrogen-bond donors (Lipinski definition) is 20. The first-order chi connectivity index (χ1) is 58.9. The van der Waals surface area contributed by atoms with E-state index in [9.17, 15) is 82.2 Å². The van der Waals surface area contributed by atoms with E-state index in [0.717, 1.165) is 16.2 Å². The van der Waals surface area contributed by atoms with Crippen LogP contribution >= 0.6 is 33.3 Å². The van der Waals surface area contributed by atoms with Gasteiger partial charge < -0.3 is 108 Å². The molecule has 0 bridgehead atoms. The molecule has 1 aromatic rings. The summed E-state index contributed by atoms with van der Waals surface area (Å²) in [4.78, 5) is 216. The lowest BCUT2D eigenvalue weighted by Gasteiger charge is -2.33. The number of primary amides is 1. The first-order valence-electron chi connectivity index (χ1n) is 43.5. The number of rotatable bonds is 60. The Morgan fingerprint density at radius 1 is 0.468 bits per heavy atom. The van der Waals surface area contributed by atoms with Gasteiger partial charge in [-0.25, -0.2) is 0 Å². The molecule has 0 spiro atoms. The number of guanidine groups is 1. The number of aliphatic hydroxyl groups is 1. The molecule has 0 saturated carbocycles. The van der Waals surface area contributed by atoms with Gasteiger partial charge in [-0.2, -0.15) is 11.8 Å². The highest BCUT2D eigenvalue weighted by Gasteiger charge is 2.47. The molecule has 0 fully saturated rings. The number of aliphatic imine (C=N–C) groups is 1. The minimum absolute atomic E-state index is 0.0168. The summed E-state index contributed by atoms with van der Waals surface area (Å²) < 4.78 is 0. The summed E-state index contributed by atoms with van der Waals surface area (Å²) in [5, 5.41) is 61.4. The summed E-state index contributed by atoms with van der Waals surface area (Å²) in [6.45, 7) is 30.1. The summed E-state index contributed by atoms with van der Waals surface area (Å²) >= 11 is 1.39. The Morgan fingerprint density at radius 2 is 0.857 bits per heavy atom. The van der Waals surface area contributed by atoms with E-state index in [0.29, 0.717) is 30.8 Å². The molecule has 2 rings (SSSR count). The van der Waals surface area contributed by atoms with Crippen LogP contribution < -0.4 is 103 Å². The van der Waals surface area contributed by atoms with Crippen molar-refractivity contribution in [2.24, 2.45) is 75.1 Å². The topological polar surface area (TPSA) is 610 Å². The Hall–Kier alpha value is -8.87. The van der Waals surface area contributed by atoms with Gasteiger partial charge in [0.2, 0.25) is 88.6 Å². The first kappa shape index (κ1) is 113. The molecular weight excluding hydrogens is 1680 g/mol. The van der Waals surface area contributed by atoms with Crippen molar-refractivity contribution < 1.29 is 82.2 Å². The van der Waals surface area contributed by atoms with Gasteiger partial charge in [0.25, 0.3) is 0 Å². The minimum atomic E-state index is -1.39. The average molecular weight is 1830 g/mol. The Bertz CT molecular complexity index is 3780. The monoisotopic (exact) mass is 1830 g/mol. The van der Waals surface area contributed by atoms with Gasteiger partial charge in [0.15, 0.2) is 5.96 Å². The van der Waals surface area contributed by atoms with Crippen LogP contribution in [0.25, 0.3) is 0 Å². The van der Waals surface area contributed by atoms with Crippen LogP contribution in [0.3, 0.4) is 0 Å². The zero-order valence-corrected chi connectivity index (χ0v) is 79.6. The summed E-state index contributed by atoms with van der Waals surface area (Å²) in [5.41, 5.74) is 28.5. The van der Waals surface area contributed by atoms with E-state index in [1.165, 1.54) is 33.3 Å². The SMILES string of the molecule is CC[C@H](C)[C@H](NC(=O)[C@H](CCCN=C(N)N)NC(=O)[C@H](CC(C)C)NC(=O)CNC(=O)[C@H](CCSC)NC(=O)[C@@H](NC(=O)[C@@H](N)CO)C(C)C)C(=O)N[C@@H](CC(C)C)C(=O)N[C@@H](CC(C)C)C(=O)N[C@@H](CC(C)C)C(=O)N[C@@H](CCCCN)C(=O)N[C@H](C(=O)N[C@@H](CSSCC1=CC(C)(C)N([O])C1(C)C)C(=O)NCC(=O)N[C@@H](Cc1ccccc1)C(N)=O)C(C)C. The molecule has 1 radical (unpaired) electrons. The fraction of sp³-hybridized carbons (Fsp3) is 0.718. The van der Waals surface area contributed by atoms with Crippen LogP contribution in [0.4, 0.5) is 0 Å². The van der Waals surface area contributed by atoms with Crippen molar-refractivity contribution in [3.8, 4) is 0 Å². The maximum atomic E-state index is 14.9. The number of nitrogens with one attached hydrogen (secondary N) is 14. The Labute approximate surface area is 755 Å². The van der Waals surface area contributed by atoms with E-state index < -0.39 is 216 Å². The highest BCUT2D eigenvalue weighted by Crippen LogP contribution is 2.41. The molecule has 0 aromatic heterocycles. The molecule has 0 aliphatic carbocycles. The van der Waals surface area contributed by atoms with Crippen LogP contribution in [0, 0.1) is 41.4 Å². The number of aliphatic hydroxyl groups excluding tert-OH is 1. The van der Waals surface area contributed by atoms with E-state index in [4.69, 9.17) is 28.7 Å². The zero-order chi connectivity index (χ0) is 95.6. The molecule has 0 unspecified atom stereocenters. The lowest BCUT2D eigenvalue weighted by Crippen LogP contribution is -2.61. The second-order valence-electron chi connectivity index (χ2n) is 35.6. The summed E-state index contributed by atoms with van der Waals surface area (Å²) in [5.74, 6) is -14.0. The van der Waals surface area contributed by atoms with Crippen molar-refractivity contribution in [1.82, 2.24) is 79.5 Å². The molecular formula is C85H148N21O17S3. The van der Waals surface area contributed by atoms with Gasteiger partial charge in [0, 0.05) is 24.5 Å². The third-order valence-corrected chi connectivity index (χ3v) is 23.9. The molecule has 0 saturated heterocycles. The van der Waals surface area contributed by atoms with Crippen molar-refractivity contribution in [3.05, 3.63) is 47.5 Å². The van der Waals surface area contributed by atoms with Crippen molar-refractivity contribution >= 4 is 128 Å². The summed E-state index contributed by atoms with van der Waals surface area (Å²) in [6.07, 6.45) is 5.13. The van der Waals surface area contributed by atoms with Crippen LogP contribution in [0.5, 0.6) is 0 Å². The molecule has 126 heavy (non-hydrogen) atoms. The maximum Gasteiger partial charge on any atom is 0.243 e. The van der Waals surface area contributed by atoms with Gasteiger partial charge in [-0.15, -0.1) is 10.3 Å². The number of nitrogens with two attached hydrogens (primary N) is 5. The van der Waals surface area contributed by atoms with E-state index in [1.807, 2.05) is 47.6 Å². The van der Waals surface area contributed by atoms with Crippen LogP contribution in [-0.4, -0.2) is 251 Å². The van der Waals surface area contributed by atoms with E-state index in [-0.39, 0.29) is 106 Å². The normalized spacial score (nSPS) is 16.4. The highest BCUT2D eigenvalue weighted by molar-refractivity contribution is 8.76. The molecule has 1 heterocycles. The first-order valence-corrected chi connectivity index (χ1v) is 47.4. The second kappa shape index (κ2) is 57.1. The van der Waals surface area contributed by atoms with Gasteiger partial charge in [-0.1, -0.05) is 161 Å². The highest BCUT2D eigenvalue weighted by atomic mass is 33.1. The van der Waals surface area contributed by atoms with Crippen LogP contribution in [0.15, 0.2) is 47.0 Å². The van der Waals surface area contributed by atoms with Crippen LogP contribution in [-0.2, 0) is 83.5 Å². The molecule has 1 aliphatic heterocycles. The number of nitrogens with zero attached hydrogens (tertiary/aromatic N) is 2. The lowest BCUT2D eigenvalue weighted by molar-refractivity contribution is -0.238. The van der Waals surface area contributed by atoms with Crippen molar-refractivity contribution in [1.29, 1.82) is 0 Å². The third-order valence-electron chi connectivity index (χ3n) is 20.9. The van der Waals surface area contributed by atoms with Crippen molar-refractivity contribution in [2.75, 3.05) is 56.3 Å². The number of unbranched alkanes of at least 4 members (excludes halogenated alkanes) is 1. The van der Waals surface area contributed by atoms with Crippen LogP contribution in [0.1, 0.15) is 201 Å². The Morgan fingerprint density at radius 3 is 1.27 bits per heavy atom. The van der Waals surface area contributed by atoms with Crippen molar-refractivity contribution in [2.45, 2.75) is 291 Å². The van der Waals surface area contributed by atoms with E-state index in [2.05, 4.69) is 79.4 Å². The number of amides is 15. The molecule has 14 atom stereocenters. The van der Waals surface area contributed by atoms with Gasteiger partial charge >= 0.3 is 0 Å². The fourth-order valence-electron chi connectivity index (χ4n) is 13.6. The van der Waals surface area contributed by atoms with Crippen LogP contribution in [0.2, 0.25) is 0 Å². The number of carbonyl (C=O) groups is 15. The van der Waals surface area contributed by atoms with Gasteiger partial charge in [-0.05, 0) is 163 Å². The fourth-order valence-corrected chi connectivity index (χ4v) is 16.5. The molecule has 15 amide bonds. The number of benzene rings is 1. The Balaban J connectivity index is 2.51. The van der Waals surface area contributed by atoms with Gasteiger partial charge in [0.1, 0.15) is 78.5 Å². The number of thioether (sulfide) groups is 1. The predicted molar refractivity (Wildman–Crippen MR) is 490 cm³/mol. The lowest BCUT2D eigenvalue weighted by atomic mass is 9.95. The van der Waals surface area contributed by atoms with Crippen molar-refractivity contribution in [3.63, 3.8) is 0 Å². The number of carbonyl (C=O) groups excluding carboxylic acids is 15. The molecule has 41 heteroatoms. The maximum absolute atomic E-state index is 14.9. The smallest absolute Gasteiger partial charge is 0.243 e. The molecule has 1 aliphatic rings. The van der Waals surface area contributed by atoms with Gasteiger partial charge in [-0.3, -0.25) is 76.9 Å². The second-order valence-corrected chi connectivity index (χ2v) is 39.1. The molecule has 38 nitrogen and oxygen atoms in total. The van der Waals surface area contributed by atoms with Gasteiger partial charge in [0.05, 0.1) is 30.8 Å². The summed E-state index contributed by atoms with van der Waals surface area (Å²) in [6, 6.07) is -7.91. The molecule has 713 valence electrons. The number of hydroxylamine groups is 2. The van der Waals surface area contributed by atoms with E-state index in [1.54, 1.807) is 120 Å². The van der Waals surface area contributed by atoms with E-state index >= 15 is 0 Å². The third kappa shape index (κ3) is 41.1. The minimum Gasteiger partial charge on any atom is -0.394 e. The predicted octanol–water partition coefficient (Wildman–Crippen LogP) is 0.0883. The Kier molecular flexibility index (Phi) is 51.3. The number of hydrogen-bond acceptors (Lipinski definition) is 23. The molecule has 25 N–H and O–H groups in total.